The second kappa shape index (κ2) is 5.83. The highest BCUT2D eigenvalue weighted by molar-refractivity contribution is 5.86. The molecule has 0 atom stereocenters. The van der Waals surface area contributed by atoms with Gasteiger partial charge in [-0.15, -0.1) is 0 Å². The van der Waals surface area contributed by atoms with Gasteiger partial charge in [-0.1, -0.05) is 5.92 Å². The lowest BCUT2D eigenvalue weighted by Gasteiger charge is -1.81. The molecule has 0 unspecified atom stereocenters. The summed E-state index contributed by atoms with van der Waals surface area (Å²) in [4.78, 5) is 19.5. The van der Waals surface area contributed by atoms with Crippen molar-refractivity contribution in [3.8, 4) is 11.8 Å². The first kappa shape index (κ1) is 8.70. The number of carbonyl (C=O) groups is 2. The van der Waals surface area contributed by atoms with Gasteiger partial charge in [-0.3, -0.25) is 0 Å². The smallest absolute Gasteiger partial charge is 0.381 e. The fourth-order valence-electron chi connectivity index (χ4n) is 0.412. The zero-order valence-electron chi connectivity index (χ0n) is 5.46. The summed E-state index contributed by atoms with van der Waals surface area (Å²) in [5.41, 5.74) is 0. The summed E-state index contributed by atoms with van der Waals surface area (Å²) >= 11 is 0. The molecule has 0 fully saturated rings. The SMILES string of the molecule is O=CCCCC#CC(=O)O. The third-order valence-electron chi connectivity index (χ3n) is 0.819. The summed E-state index contributed by atoms with van der Waals surface area (Å²) in [5.74, 6) is 3.25. The molecule has 3 nitrogen and oxygen atoms in total. The number of carboxylic acids is 1. The molecule has 10 heavy (non-hydrogen) atoms. The van der Waals surface area contributed by atoms with Crippen LogP contribution in [0.3, 0.4) is 0 Å². The molecule has 0 rings (SSSR count). The van der Waals surface area contributed by atoms with E-state index in [2.05, 4.69) is 5.92 Å². The van der Waals surface area contributed by atoms with Gasteiger partial charge in [0.15, 0.2) is 0 Å². The fourth-order valence-corrected chi connectivity index (χ4v) is 0.412. The van der Waals surface area contributed by atoms with Crippen molar-refractivity contribution in [3.05, 3.63) is 0 Å². The molecule has 0 heterocycles. The minimum absolute atomic E-state index is 0.453. The molecule has 0 spiro atoms. The van der Waals surface area contributed by atoms with Gasteiger partial charge < -0.3 is 9.90 Å². The van der Waals surface area contributed by atoms with Crippen LogP contribution in [0.2, 0.25) is 0 Å². The largest absolute Gasteiger partial charge is 0.472 e. The molecule has 0 aliphatic rings. The molecule has 0 aliphatic heterocycles. The van der Waals surface area contributed by atoms with E-state index in [1.54, 1.807) is 0 Å². The van der Waals surface area contributed by atoms with Gasteiger partial charge in [0.1, 0.15) is 6.29 Å². The molecular weight excluding hydrogens is 132 g/mol. The minimum Gasteiger partial charge on any atom is -0.472 e. The lowest BCUT2D eigenvalue weighted by Crippen LogP contribution is -1.86. The van der Waals surface area contributed by atoms with Crippen molar-refractivity contribution in [1.82, 2.24) is 0 Å². The Bertz CT molecular complexity index is 173. The zero-order valence-corrected chi connectivity index (χ0v) is 5.46. The Balaban J connectivity index is 3.28. The monoisotopic (exact) mass is 140 g/mol. The minimum atomic E-state index is -1.12. The number of unbranched alkanes of at least 4 members (excludes halogenated alkanes) is 2. The van der Waals surface area contributed by atoms with Crippen LogP contribution in [-0.4, -0.2) is 17.4 Å². The number of carboxylic acid groups (broad SMARTS) is 1. The van der Waals surface area contributed by atoms with Gasteiger partial charge >= 0.3 is 5.97 Å². The third kappa shape index (κ3) is 6.70. The van der Waals surface area contributed by atoms with E-state index in [0.717, 1.165) is 6.29 Å². The van der Waals surface area contributed by atoms with Gasteiger partial charge in [0.2, 0.25) is 0 Å². The molecule has 3 heteroatoms. The van der Waals surface area contributed by atoms with Crippen molar-refractivity contribution in [2.75, 3.05) is 0 Å². The molecule has 0 aromatic carbocycles. The van der Waals surface area contributed by atoms with E-state index in [1.807, 2.05) is 5.92 Å². The van der Waals surface area contributed by atoms with Crippen LogP contribution in [0.5, 0.6) is 0 Å². The quantitative estimate of drug-likeness (QED) is 0.351. The lowest BCUT2D eigenvalue weighted by atomic mass is 10.2. The van der Waals surface area contributed by atoms with Gasteiger partial charge in [-0.05, 0) is 6.42 Å². The van der Waals surface area contributed by atoms with Gasteiger partial charge in [0.25, 0.3) is 0 Å². The standard InChI is InChI=1S/C7H8O3/c8-6-4-2-1-3-5-7(9)10/h6H,1-2,4H2,(H,9,10). The van der Waals surface area contributed by atoms with Crippen LogP contribution in [0.25, 0.3) is 0 Å². The third-order valence-corrected chi connectivity index (χ3v) is 0.819. The van der Waals surface area contributed by atoms with Crippen LogP contribution in [0.4, 0.5) is 0 Å². The van der Waals surface area contributed by atoms with Crippen molar-refractivity contribution in [3.63, 3.8) is 0 Å². The Morgan fingerprint density at radius 3 is 2.80 bits per heavy atom. The molecule has 0 aromatic heterocycles. The van der Waals surface area contributed by atoms with Gasteiger partial charge in [-0.2, -0.15) is 0 Å². The first-order valence-electron chi connectivity index (χ1n) is 2.93. The first-order chi connectivity index (χ1) is 4.77. The van der Waals surface area contributed by atoms with E-state index < -0.39 is 5.97 Å². The maximum atomic E-state index is 9.79. The molecule has 0 aromatic rings. The van der Waals surface area contributed by atoms with E-state index in [9.17, 15) is 9.59 Å². The van der Waals surface area contributed by atoms with Crippen LogP contribution in [0, 0.1) is 11.8 Å². The van der Waals surface area contributed by atoms with E-state index in [1.165, 1.54) is 0 Å². The number of rotatable bonds is 3. The average Bonchev–Trinajstić information content (AvgIpc) is 1.87. The summed E-state index contributed by atoms with van der Waals surface area (Å²) in [6.45, 7) is 0. The maximum absolute atomic E-state index is 9.79. The fraction of sp³-hybridized carbons (Fsp3) is 0.429. The lowest BCUT2D eigenvalue weighted by molar-refractivity contribution is -0.130. The normalized spacial score (nSPS) is 7.60. The van der Waals surface area contributed by atoms with Crippen LogP contribution in [0.15, 0.2) is 0 Å². The summed E-state index contributed by atoms with van der Waals surface area (Å²) in [7, 11) is 0. The van der Waals surface area contributed by atoms with Crippen LogP contribution < -0.4 is 0 Å². The highest BCUT2D eigenvalue weighted by Crippen LogP contribution is 1.88. The predicted octanol–water partition coefficient (Wildman–Crippen LogP) is 0.444. The van der Waals surface area contributed by atoms with Crippen LogP contribution >= 0.6 is 0 Å². The first-order valence-corrected chi connectivity index (χ1v) is 2.93. The van der Waals surface area contributed by atoms with E-state index in [0.29, 0.717) is 19.3 Å². The molecular formula is C7H8O3. The molecule has 0 saturated carbocycles. The maximum Gasteiger partial charge on any atom is 0.381 e. The van der Waals surface area contributed by atoms with Crippen molar-refractivity contribution < 1.29 is 14.7 Å². The molecule has 0 bridgehead atoms. The topological polar surface area (TPSA) is 54.4 Å². The van der Waals surface area contributed by atoms with E-state index in [-0.39, 0.29) is 0 Å². The van der Waals surface area contributed by atoms with Crippen molar-refractivity contribution in [2.24, 2.45) is 0 Å². The van der Waals surface area contributed by atoms with Crippen LogP contribution in [-0.2, 0) is 9.59 Å². The predicted molar refractivity (Wildman–Crippen MR) is 35.3 cm³/mol. The summed E-state index contributed by atoms with van der Waals surface area (Å²) in [6.07, 6.45) is 2.37. The van der Waals surface area contributed by atoms with E-state index >= 15 is 0 Å². The second-order valence-corrected chi connectivity index (χ2v) is 1.67. The zero-order chi connectivity index (χ0) is 7.82. The Labute approximate surface area is 59.0 Å². The van der Waals surface area contributed by atoms with E-state index in [4.69, 9.17) is 5.11 Å². The summed E-state index contributed by atoms with van der Waals surface area (Å²) < 4.78 is 0. The van der Waals surface area contributed by atoms with Crippen molar-refractivity contribution in [2.45, 2.75) is 19.3 Å². The molecule has 0 amide bonds. The highest BCUT2D eigenvalue weighted by Gasteiger charge is 1.83. The Kier molecular flexibility index (Phi) is 5.07. The molecule has 1 N–H and O–H groups in total. The molecule has 54 valence electrons. The highest BCUT2D eigenvalue weighted by atomic mass is 16.4. The Hall–Kier alpha value is -1.30. The number of aldehydes is 1. The van der Waals surface area contributed by atoms with Gasteiger partial charge in [0, 0.05) is 18.8 Å². The molecule has 0 aliphatic carbocycles. The number of hydrogen-bond donors (Lipinski definition) is 1. The summed E-state index contributed by atoms with van der Waals surface area (Å²) in [6, 6.07) is 0. The average molecular weight is 140 g/mol. The Morgan fingerprint density at radius 1 is 1.60 bits per heavy atom. The number of hydrogen-bond acceptors (Lipinski definition) is 2. The number of carbonyl (C=O) groups excluding carboxylic acids is 1. The van der Waals surface area contributed by atoms with Crippen molar-refractivity contribution in [1.29, 1.82) is 0 Å². The molecule has 0 radical (unpaired) electrons. The van der Waals surface area contributed by atoms with Gasteiger partial charge in [-0.25, -0.2) is 4.79 Å². The summed E-state index contributed by atoms with van der Waals surface area (Å²) in [5, 5.41) is 8.03. The van der Waals surface area contributed by atoms with Gasteiger partial charge in [0.05, 0.1) is 0 Å². The number of aliphatic carboxylic acids is 1. The second-order valence-electron chi connectivity index (χ2n) is 1.67. The van der Waals surface area contributed by atoms with Crippen molar-refractivity contribution >= 4 is 12.3 Å². The molecule has 0 saturated heterocycles. The Morgan fingerprint density at radius 2 is 2.30 bits per heavy atom. The van der Waals surface area contributed by atoms with Crippen LogP contribution in [0.1, 0.15) is 19.3 Å².